The van der Waals surface area contributed by atoms with Gasteiger partial charge in [0.2, 0.25) is 0 Å². The summed E-state index contributed by atoms with van der Waals surface area (Å²) in [5.74, 6) is 0. The van der Waals surface area contributed by atoms with E-state index in [1.165, 1.54) is 16.2 Å². The number of hydrogen-bond acceptors (Lipinski definition) is 8. The van der Waals surface area contributed by atoms with E-state index >= 15 is 0 Å². The van der Waals surface area contributed by atoms with E-state index in [1.807, 2.05) is 103 Å². The van der Waals surface area contributed by atoms with Gasteiger partial charge in [-0.05, 0) is 125 Å². The number of nitrogens with zero attached hydrogens (tertiary/aromatic N) is 2. The molecule has 8 nitrogen and oxygen atoms in total. The van der Waals surface area contributed by atoms with Crippen LogP contribution in [0.4, 0.5) is 45.5 Å². The van der Waals surface area contributed by atoms with Crippen LogP contribution in [-0.2, 0) is 0 Å². The normalized spacial score (nSPS) is 11.5. The number of furan rings is 5. The monoisotopic (exact) mass is 1380 g/mol. The van der Waals surface area contributed by atoms with Gasteiger partial charge in [-0.15, -0.1) is 0 Å². The van der Waals surface area contributed by atoms with Crippen LogP contribution in [0.5, 0.6) is 0 Å². The average Bonchev–Trinajstić information content (AvgIpc) is 1.59. The van der Waals surface area contributed by atoms with Gasteiger partial charge in [0.25, 0.3) is 0 Å². The summed E-state index contributed by atoms with van der Waals surface area (Å²) in [5.41, 5.74) is 16.6. The molecule has 97 heavy (non-hydrogen) atoms. The minimum Gasteiger partial charge on any atom is -0.456 e. The lowest BCUT2D eigenvalue weighted by Crippen LogP contribution is -2.10. The van der Waals surface area contributed by atoms with Crippen molar-refractivity contribution >= 4 is 209 Å². The molecule has 20 rings (SSSR count). The Balaban J connectivity index is 0.000000143. The van der Waals surface area contributed by atoms with Crippen LogP contribution in [0.25, 0.3) is 131 Å². The molecule has 0 aliphatic rings. The molecule has 0 bridgehead atoms. The van der Waals surface area contributed by atoms with Crippen LogP contribution in [0.15, 0.2) is 346 Å². The molecule has 0 spiro atoms. The molecule has 5 heterocycles. The van der Waals surface area contributed by atoms with Crippen molar-refractivity contribution in [1.29, 1.82) is 0 Å². The first kappa shape index (κ1) is 59.0. The summed E-state index contributed by atoms with van der Waals surface area (Å²) in [6.07, 6.45) is 0. The summed E-state index contributed by atoms with van der Waals surface area (Å²) in [7, 11) is 0. The van der Waals surface area contributed by atoms with Crippen molar-refractivity contribution < 1.29 is 22.1 Å². The maximum Gasteiger partial charge on any atom is 0.159 e. The smallest absolute Gasteiger partial charge is 0.159 e. The van der Waals surface area contributed by atoms with Crippen molar-refractivity contribution in [1.82, 2.24) is 0 Å². The summed E-state index contributed by atoms with van der Waals surface area (Å²) in [6, 6.07) is 109. The first-order chi connectivity index (χ1) is 47.4. The van der Waals surface area contributed by atoms with Gasteiger partial charge in [0.05, 0.1) is 28.4 Å². The lowest BCUT2D eigenvalue weighted by Gasteiger charge is -2.27. The highest BCUT2D eigenvalue weighted by Crippen LogP contribution is 2.50. The number of para-hydroxylation sites is 9. The standard InChI is InChI=1S/C52H32N2O3.C18H13NO.C16H8Br2O.CH4/c1-3-15-33(16-4-1)53(43-25-13-23-40-37-20-9-11-27-46(37)56-51(40)43)35-29-30-42-48(31-35)55-49-32-45(36-19-7-8-22-39(36)50(42)49)54(34-17-5-2-6-18-34)44-26-14-24-41-38-21-10-12-28-47(38)57-52(41)44;1-2-7-13(8-3-1)19-16-11-6-10-15-14-9-4-5-12-17(14)20-18(15)16;17-9-5-6-12-14(7-9)19-15-8-13(18)10-3-1-2-4-11(10)16(12)15;/h1-32H;1-12,19H;1-8H;1H4. The molecular formula is C87H57Br2N3O5. The number of halogens is 2. The second kappa shape index (κ2) is 24.5. The highest BCUT2D eigenvalue weighted by atomic mass is 79.9. The van der Waals surface area contributed by atoms with Gasteiger partial charge in [0.1, 0.15) is 39.1 Å². The molecule has 0 saturated heterocycles. The molecule has 0 radical (unpaired) electrons. The van der Waals surface area contributed by atoms with Crippen molar-refractivity contribution in [3.63, 3.8) is 0 Å². The van der Waals surface area contributed by atoms with Gasteiger partial charge < -0.3 is 37.2 Å². The van der Waals surface area contributed by atoms with Crippen molar-refractivity contribution in [3.8, 4) is 0 Å². The van der Waals surface area contributed by atoms with Gasteiger partial charge in [-0.1, -0.05) is 233 Å². The number of rotatable bonds is 8. The van der Waals surface area contributed by atoms with Crippen LogP contribution >= 0.6 is 31.9 Å². The Morgan fingerprint density at radius 2 is 0.670 bits per heavy atom. The van der Waals surface area contributed by atoms with Crippen LogP contribution < -0.4 is 15.1 Å². The highest BCUT2D eigenvalue weighted by molar-refractivity contribution is 9.11. The molecule has 15 aromatic carbocycles. The molecule has 0 unspecified atom stereocenters. The minimum absolute atomic E-state index is 0. The predicted molar refractivity (Wildman–Crippen MR) is 412 cm³/mol. The Kier molecular flexibility index (Phi) is 14.9. The number of hydrogen-bond donors (Lipinski definition) is 1. The maximum absolute atomic E-state index is 6.96. The molecule has 464 valence electrons. The number of anilines is 8. The van der Waals surface area contributed by atoms with Crippen LogP contribution in [0.3, 0.4) is 0 Å². The van der Waals surface area contributed by atoms with E-state index in [2.05, 4.69) is 259 Å². The van der Waals surface area contributed by atoms with Gasteiger partial charge in [-0.2, -0.15) is 0 Å². The maximum atomic E-state index is 6.96. The molecule has 5 aromatic heterocycles. The third-order valence-corrected chi connectivity index (χ3v) is 19.2. The van der Waals surface area contributed by atoms with E-state index in [0.717, 1.165) is 170 Å². The van der Waals surface area contributed by atoms with Gasteiger partial charge in [-0.25, -0.2) is 0 Å². The van der Waals surface area contributed by atoms with Crippen LogP contribution in [0.2, 0.25) is 0 Å². The average molecular weight is 1380 g/mol. The molecule has 0 aliphatic heterocycles. The Hall–Kier alpha value is -11.8. The van der Waals surface area contributed by atoms with Crippen molar-refractivity contribution in [2.75, 3.05) is 15.1 Å². The summed E-state index contributed by atoms with van der Waals surface area (Å²) in [5, 5.41) is 19.2. The second-order valence-electron chi connectivity index (χ2n) is 23.7. The van der Waals surface area contributed by atoms with Crippen LogP contribution in [-0.4, -0.2) is 0 Å². The Bertz CT molecular complexity index is 6370. The molecular weight excluding hydrogens is 1330 g/mol. The van der Waals surface area contributed by atoms with Crippen molar-refractivity contribution in [3.05, 3.63) is 324 Å². The van der Waals surface area contributed by atoms with Gasteiger partial charge >= 0.3 is 0 Å². The molecule has 0 aliphatic carbocycles. The van der Waals surface area contributed by atoms with Gasteiger partial charge in [0, 0.05) is 97.4 Å². The molecule has 0 saturated carbocycles. The Morgan fingerprint density at radius 3 is 1.26 bits per heavy atom. The summed E-state index contributed by atoms with van der Waals surface area (Å²) in [4.78, 5) is 4.56. The van der Waals surface area contributed by atoms with E-state index in [4.69, 9.17) is 22.1 Å². The predicted octanol–water partition coefficient (Wildman–Crippen LogP) is 27.7. The molecule has 0 atom stereocenters. The fourth-order valence-electron chi connectivity index (χ4n) is 13.8. The minimum atomic E-state index is 0. The van der Waals surface area contributed by atoms with Crippen LogP contribution in [0, 0.1) is 0 Å². The van der Waals surface area contributed by atoms with Crippen LogP contribution in [0.1, 0.15) is 7.43 Å². The van der Waals surface area contributed by atoms with Crippen molar-refractivity contribution in [2.24, 2.45) is 0 Å². The third-order valence-electron chi connectivity index (χ3n) is 18.1. The largest absolute Gasteiger partial charge is 0.456 e. The zero-order valence-electron chi connectivity index (χ0n) is 51.2. The Labute approximate surface area is 573 Å². The van der Waals surface area contributed by atoms with Crippen molar-refractivity contribution in [2.45, 2.75) is 7.43 Å². The topological polar surface area (TPSA) is 84.2 Å². The van der Waals surface area contributed by atoms with E-state index in [0.29, 0.717) is 0 Å². The number of benzene rings is 15. The number of fused-ring (bicyclic) bond motifs is 19. The molecule has 1 N–H and O–H groups in total. The first-order valence-electron chi connectivity index (χ1n) is 31.7. The zero-order valence-corrected chi connectivity index (χ0v) is 54.4. The summed E-state index contributed by atoms with van der Waals surface area (Å²) in [6.45, 7) is 0. The van der Waals surface area contributed by atoms with E-state index in [9.17, 15) is 0 Å². The molecule has 0 fully saturated rings. The molecule has 10 heteroatoms. The highest BCUT2D eigenvalue weighted by Gasteiger charge is 2.26. The van der Waals surface area contributed by atoms with E-state index in [-0.39, 0.29) is 7.43 Å². The third kappa shape index (κ3) is 10.3. The summed E-state index contributed by atoms with van der Waals surface area (Å²) < 4.78 is 34.2. The SMILES string of the molecule is Brc1ccc2c(c1)oc1cc(Br)c3ccccc3c12.C.c1ccc(N(c2ccc3c(c2)oc2cc(N(c4ccccc4)c4cccc5c4oc4ccccc45)c4ccccc4c23)c2cccc3c2oc2ccccc23)cc1.c1ccc(Nc2cccc3c2oc2ccccc23)cc1. The quantitative estimate of drug-likeness (QED) is 0.161. The zero-order chi connectivity index (χ0) is 63.8. The fourth-order valence-corrected chi connectivity index (χ4v) is 14.7. The molecule has 0 amide bonds. The van der Waals surface area contributed by atoms with Gasteiger partial charge in [-0.3, -0.25) is 0 Å². The first-order valence-corrected chi connectivity index (χ1v) is 33.3. The Morgan fingerprint density at radius 1 is 0.247 bits per heavy atom. The molecule has 20 aromatic rings. The van der Waals surface area contributed by atoms with E-state index < -0.39 is 0 Å². The second-order valence-corrected chi connectivity index (χ2v) is 25.5. The lowest BCUT2D eigenvalue weighted by atomic mass is 10.00. The van der Waals surface area contributed by atoms with E-state index in [1.54, 1.807) is 0 Å². The van der Waals surface area contributed by atoms with Gasteiger partial charge in [0.15, 0.2) is 16.7 Å². The number of nitrogens with one attached hydrogen (secondary N) is 1. The fraction of sp³-hybridized carbons (Fsp3) is 0.0115. The lowest BCUT2D eigenvalue weighted by molar-refractivity contribution is 0.667. The summed E-state index contributed by atoms with van der Waals surface area (Å²) >= 11 is 7.11.